The number of aliphatic hydroxyl groups is 2. The summed E-state index contributed by atoms with van der Waals surface area (Å²) in [6, 6.07) is 2.17. The lowest BCUT2D eigenvalue weighted by molar-refractivity contribution is 0.0554. The standard InChI is InChI=1S/C9H12ClNO2/c10-8-4-1-5(9(8)13)6(2-11)7(4)3-12/h4-9,12-13H,1,3H2. The van der Waals surface area contributed by atoms with Crippen molar-refractivity contribution in [3.63, 3.8) is 0 Å². The fraction of sp³-hybridized carbons (Fsp3) is 0.889. The maximum atomic E-state index is 9.64. The summed E-state index contributed by atoms with van der Waals surface area (Å²) in [6.45, 7) is 0.00926. The number of hydrogen-bond acceptors (Lipinski definition) is 3. The first-order chi connectivity index (χ1) is 6.20. The molecular formula is C9H12ClNO2. The topological polar surface area (TPSA) is 64.2 Å². The highest BCUT2D eigenvalue weighted by molar-refractivity contribution is 6.21. The van der Waals surface area contributed by atoms with E-state index in [0.717, 1.165) is 6.42 Å². The Morgan fingerprint density at radius 3 is 2.69 bits per heavy atom. The highest BCUT2D eigenvalue weighted by Crippen LogP contribution is 2.53. The van der Waals surface area contributed by atoms with Crippen LogP contribution in [0.4, 0.5) is 0 Å². The average molecular weight is 202 g/mol. The second-order valence-electron chi connectivity index (χ2n) is 4.00. The minimum Gasteiger partial charge on any atom is -0.396 e. The third-order valence-corrected chi connectivity index (χ3v) is 4.13. The van der Waals surface area contributed by atoms with Crippen molar-refractivity contribution < 1.29 is 10.2 Å². The molecule has 0 aromatic carbocycles. The molecule has 13 heavy (non-hydrogen) atoms. The highest BCUT2D eigenvalue weighted by Gasteiger charge is 2.57. The second kappa shape index (κ2) is 3.13. The molecule has 72 valence electrons. The molecule has 2 N–H and O–H groups in total. The van der Waals surface area contributed by atoms with E-state index in [1.54, 1.807) is 0 Å². The van der Waals surface area contributed by atoms with Crippen molar-refractivity contribution in [2.45, 2.75) is 17.9 Å². The van der Waals surface area contributed by atoms with Gasteiger partial charge in [-0.05, 0) is 12.3 Å². The van der Waals surface area contributed by atoms with Crippen LogP contribution in [-0.2, 0) is 0 Å². The van der Waals surface area contributed by atoms with Crippen LogP contribution in [-0.4, -0.2) is 28.3 Å². The van der Waals surface area contributed by atoms with Gasteiger partial charge in [0.05, 0.1) is 23.5 Å². The molecule has 0 aliphatic heterocycles. The van der Waals surface area contributed by atoms with Crippen LogP contribution in [0.2, 0.25) is 0 Å². The minimum absolute atomic E-state index is 0.00926. The zero-order valence-electron chi connectivity index (χ0n) is 7.10. The Bertz CT molecular complexity index is 250. The third kappa shape index (κ3) is 1.10. The van der Waals surface area contributed by atoms with Crippen LogP contribution >= 0.6 is 11.6 Å². The monoisotopic (exact) mass is 201 g/mol. The van der Waals surface area contributed by atoms with Crippen molar-refractivity contribution in [1.29, 1.82) is 5.26 Å². The van der Waals surface area contributed by atoms with Gasteiger partial charge in [-0.3, -0.25) is 0 Å². The average Bonchev–Trinajstić information content (AvgIpc) is 2.63. The first-order valence-corrected chi connectivity index (χ1v) is 4.97. The van der Waals surface area contributed by atoms with Crippen LogP contribution < -0.4 is 0 Å². The predicted octanol–water partition coefficient (Wildman–Crippen LogP) is 0.353. The zero-order valence-corrected chi connectivity index (χ0v) is 7.85. The van der Waals surface area contributed by atoms with Gasteiger partial charge in [0.15, 0.2) is 0 Å². The molecule has 6 atom stereocenters. The Hall–Kier alpha value is -0.300. The molecule has 2 aliphatic carbocycles. The molecule has 2 fully saturated rings. The molecule has 2 saturated carbocycles. The van der Waals surface area contributed by atoms with E-state index < -0.39 is 6.10 Å². The van der Waals surface area contributed by atoms with Crippen molar-refractivity contribution in [2.75, 3.05) is 6.61 Å². The van der Waals surface area contributed by atoms with Crippen molar-refractivity contribution in [1.82, 2.24) is 0 Å². The highest BCUT2D eigenvalue weighted by atomic mass is 35.5. The SMILES string of the molecule is N#CC1C2CC(C(Cl)C2O)C1CO. The molecule has 4 heteroatoms. The number of nitrogens with zero attached hydrogens (tertiary/aromatic N) is 1. The number of alkyl halides is 1. The van der Waals surface area contributed by atoms with Crippen LogP contribution in [0.25, 0.3) is 0 Å². The van der Waals surface area contributed by atoms with Gasteiger partial charge in [0.1, 0.15) is 0 Å². The van der Waals surface area contributed by atoms with Gasteiger partial charge in [0, 0.05) is 18.4 Å². The summed E-state index contributed by atoms with van der Waals surface area (Å²) in [5.74, 6) is -0.133. The first kappa shape index (κ1) is 9.26. The minimum atomic E-state index is -0.556. The normalized spacial score (nSPS) is 53.7. The number of fused-ring (bicyclic) bond motifs is 2. The fourth-order valence-corrected chi connectivity index (χ4v) is 3.34. The largest absolute Gasteiger partial charge is 0.396 e. The lowest BCUT2D eigenvalue weighted by Crippen LogP contribution is -2.40. The van der Waals surface area contributed by atoms with Gasteiger partial charge >= 0.3 is 0 Å². The number of hydrogen-bond donors (Lipinski definition) is 2. The van der Waals surface area contributed by atoms with E-state index >= 15 is 0 Å². The molecule has 0 aromatic heterocycles. The Morgan fingerprint density at radius 1 is 1.46 bits per heavy atom. The third-order valence-electron chi connectivity index (χ3n) is 3.55. The van der Waals surface area contributed by atoms with Crippen molar-refractivity contribution >= 4 is 11.6 Å². The summed E-state index contributed by atoms with van der Waals surface area (Å²) in [7, 11) is 0. The van der Waals surface area contributed by atoms with Crippen LogP contribution in [0.3, 0.4) is 0 Å². The summed E-state index contributed by atoms with van der Waals surface area (Å²) in [4.78, 5) is 0. The summed E-state index contributed by atoms with van der Waals surface area (Å²) in [5, 5.41) is 27.3. The molecule has 0 amide bonds. The van der Waals surface area contributed by atoms with Gasteiger partial charge in [-0.2, -0.15) is 5.26 Å². The zero-order chi connectivity index (χ0) is 9.59. The van der Waals surface area contributed by atoms with Crippen LogP contribution in [0.5, 0.6) is 0 Å². The van der Waals surface area contributed by atoms with E-state index in [1.165, 1.54) is 0 Å². The molecule has 2 rings (SSSR count). The van der Waals surface area contributed by atoms with Gasteiger partial charge in [0.2, 0.25) is 0 Å². The Balaban J connectivity index is 2.23. The Kier molecular flexibility index (Phi) is 2.23. The van der Waals surface area contributed by atoms with Crippen LogP contribution in [0, 0.1) is 35.0 Å². The number of halogens is 1. The van der Waals surface area contributed by atoms with Crippen LogP contribution in [0.15, 0.2) is 0 Å². The Morgan fingerprint density at radius 2 is 2.15 bits per heavy atom. The lowest BCUT2D eigenvalue weighted by atomic mass is 9.79. The van der Waals surface area contributed by atoms with Gasteiger partial charge in [0.25, 0.3) is 0 Å². The number of rotatable bonds is 1. The second-order valence-corrected chi connectivity index (χ2v) is 4.50. The number of nitriles is 1. The first-order valence-electron chi connectivity index (χ1n) is 4.53. The van der Waals surface area contributed by atoms with Gasteiger partial charge in [-0.25, -0.2) is 0 Å². The predicted molar refractivity (Wildman–Crippen MR) is 46.9 cm³/mol. The van der Waals surface area contributed by atoms with E-state index in [-0.39, 0.29) is 35.7 Å². The van der Waals surface area contributed by atoms with Gasteiger partial charge in [-0.15, -0.1) is 11.6 Å². The van der Waals surface area contributed by atoms with E-state index in [0.29, 0.717) is 0 Å². The molecule has 0 radical (unpaired) electrons. The Labute approximate surface area is 81.9 Å². The van der Waals surface area contributed by atoms with Crippen molar-refractivity contribution in [3.05, 3.63) is 0 Å². The van der Waals surface area contributed by atoms with E-state index in [9.17, 15) is 5.11 Å². The summed E-state index contributed by atoms with van der Waals surface area (Å²) < 4.78 is 0. The van der Waals surface area contributed by atoms with E-state index in [2.05, 4.69) is 6.07 Å². The lowest BCUT2D eigenvalue weighted by Gasteiger charge is -2.31. The van der Waals surface area contributed by atoms with Crippen LogP contribution in [0.1, 0.15) is 6.42 Å². The molecule has 2 bridgehead atoms. The molecule has 0 heterocycles. The summed E-state index contributed by atoms with van der Waals surface area (Å²) in [6.07, 6.45) is 0.234. The quantitative estimate of drug-likeness (QED) is 0.602. The van der Waals surface area contributed by atoms with Crippen molar-refractivity contribution in [2.24, 2.45) is 23.7 Å². The molecule has 6 unspecified atom stereocenters. The van der Waals surface area contributed by atoms with Gasteiger partial charge in [-0.1, -0.05) is 0 Å². The van der Waals surface area contributed by atoms with Crippen molar-refractivity contribution in [3.8, 4) is 6.07 Å². The maximum Gasteiger partial charge on any atom is 0.0747 e. The molecule has 0 aromatic rings. The molecular weight excluding hydrogens is 190 g/mol. The smallest absolute Gasteiger partial charge is 0.0747 e. The summed E-state index contributed by atoms with van der Waals surface area (Å²) >= 11 is 5.98. The van der Waals surface area contributed by atoms with E-state index in [1.807, 2.05) is 0 Å². The van der Waals surface area contributed by atoms with Gasteiger partial charge < -0.3 is 10.2 Å². The molecule has 0 saturated heterocycles. The summed E-state index contributed by atoms with van der Waals surface area (Å²) in [5.41, 5.74) is 0. The van der Waals surface area contributed by atoms with E-state index in [4.69, 9.17) is 22.0 Å². The molecule has 3 nitrogen and oxygen atoms in total. The number of aliphatic hydroxyl groups excluding tert-OH is 2. The molecule has 0 spiro atoms. The fourth-order valence-electron chi connectivity index (χ4n) is 2.87. The molecule has 2 aliphatic rings. The maximum absolute atomic E-state index is 9.64.